The lowest BCUT2D eigenvalue weighted by Crippen LogP contribution is -2.33. The molecule has 3 N–H and O–H groups in total. The molecule has 2 aromatic rings. The third-order valence-corrected chi connectivity index (χ3v) is 3.73. The molecule has 118 valence electrons. The van der Waals surface area contributed by atoms with Crippen molar-refractivity contribution in [1.29, 1.82) is 0 Å². The van der Waals surface area contributed by atoms with Crippen LogP contribution in [0.4, 0.5) is 0 Å². The molecule has 1 amide bonds. The minimum absolute atomic E-state index is 0.0490. The van der Waals surface area contributed by atoms with Gasteiger partial charge in [0.15, 0.2) is 0 Å². The molecule has 0 aliphatic heterocycles. The van der Waals surface area contributed by atoms with Gasteiger partial charge in [0.05, 0.1) is 11.8 Å². The number of aliphatic hydroxyl groups excluding tert-OH is 1. The van der Waals surface area contributed by atoms with Crippen molar-refractivity contribution >= 4 is 5.91 Å². The van der Waals surface area contributed by atoms with E-state index in [1.165, 1.54) is 0 Å². The molecule has 5 heteroatoms. The maximum absolute atomic E-state index is 11.9. The quantitative estimate of drug-likeness (QED) is 0.728. The van der Waals surface area contributed by atoms with Crippen molar-refractivity contribution < 1.29 is 9.90 Å². The van der Waals surface area contributed by atoms with E-state index in [0.29, 0.717) is 19.3 Å². The molecule has 22 heavy (non-hydrogen) atoms. The Kier molecular flexibility index (Phi) is 5.72. The Bertz CT molecular complexity index is 588. The van der Waals surface area contributed by atoms with Crippen LogP contribution in [0.2, 0.25) is 0 Å². The van der Waals surface area contributed by atoms with Gasteiger partial charge >= 0.3 is 0 Å². The van der Waals surface area contributed by atoms with Crippen molar-refractivity contribution in [2.24, 2.45) is 0 Å². The maximum atomic E-state index is 11.9. The summed E-state index contributed by atoms with van der Waals surface area (Å²) < 4.78 is 0. The number of aliphatic hydroxyl groups is 1. The van der Waals surface area contributed by atoms with Crippen LogP contribution in [0.15, 0.2) is 30.3 Å². The average molecular weight is 301 g/mol. The van der Waals surface area contributed by atoms with Crippen LogP contribution in [-0.4, -0.2) is 33.9 Å². The zero-order valence-corrected chi connectivity index (χ0v) is 13.1. The molecule has 0 saturated heterocycles. The van der Waals surface area contributed by atoms with Crippen LogP contribution in [0.1, 0.15) is 28.9 Å². The summed E-state index contributed by atoms with van der Waals surface area (Å²) in [5.74, 6) is -0.0490. The first-order valence-corrected chi connectivity index (χ1v) is 7.55. The Morgan fingerprint density at radius 2 is 2.05 bits per heavy atom. The van der Waals surface area contributed by atoms with E-state index < -0.39 is 6.10 Å². The predicted molar refractivity (Wildman–Crippen MR) is 85.5 cm³/mol. The number of aromatic amines is 1. The molecule has 5 nitrogen and oxygen atoms in total. The van der Waals surface area contributed by atoms with E-state index in [1.807, 2.05) is 44.2 Å². The molecule has 0 saturated carbocycles. The van der Waals surface area contributed by atoms with Gasteiger partial charge in [0.1, 0.15) is 0 Å². The van der Waals surface area contributed by atoms with Crippen molar-refractivity contribution in [3.63, 3.8) is 0 Å². The number of hydrogen-bond acceptors (Lipinski definition) is 3. The van der Waals surface area contributed by atoms with Gasteiger partial charge in [-0.1, -0.05) is 30.3 Å². The first-order chi connectivity index (χ1) is 10.6. The normalized spacial score (nSPS) is 12.1. The van der Waals surface area contributed by atoms with E-state index >= 15 is 0 Å². The second-order valence-electron chi connectivity index (χ2n) is 5.56. The number of rotatable bonds is 7. The summed E-state index contributed by atoms with van der Waals surface area (Å²) in [6.07, 6.45) is 1.04. The number of benzene rings is 1. The number of nitrogens with zero attached hydrogens (tertiary/aromatic N) is 1. The second kappa shape index (κ2) is 7.75. The van der Waals surface area contributed by atoms with Gasteiger partial charge in [-0.15, -0.1) is 0 Å². The zero-order valence-electron chi connectivity index (χ0n) is 13.1. The summed E-state index contributed by atoms with van der Waals surface area (Å²) in [5, 5.41) is 19.8. The molecule has 1 aromatic carbocycles. The van der Waals surface area contributed by atoms with Crippen LogP contribution < -0.4 is 5.32 Å². The number of aryl methyl sites for hydroxylation is 2. The minimum atomic E-state index is -0.566. The van der Waals surface area contributed by atoms with Gasteiger partial charge in [-0.05, 0) is 31.4 Å². The summed E-state index contributed by atoms with van der Waals surface area (Å²) in [6, 6.07) is 9.76. The summed E-state index contributed by atoms with van der Waals surface area (Å²) in [7, 11) is 0. The van der Waals surface area contributed by atoms with E-state index in [2.05, 4.69) is 15.5 Å². The molecular formula is C17H23N3O2. The van der Waals surface area contributed by atoms with E-state index in [1.54, 1.807) is 0 Å². The molecule has 0 radical (unpaired) electrons. The summed E-state index contributed by atoms with van der Waals surface area (Å²) in [5.41, 5.74) is 4.11. The number of aromatic nitrogens is 2. The van der Waals surface area contributed by atoms with Crippen molar-refractivity contribution in [2.45, 2.75) is 39.2 Å². The Balaban J connectivity index is 1.71. The topological polar surface area (TPSA) is 78.0 Å². The van der Waals surface area contributed by atoms with Gasteiger partial charge < -0.3 is 10.4 Å². The first-order valence-electron chi connectivity index (χ1n) is 7.55. The third kappa shape index (κ3) is 4.70. The van der Waals surface area contributed by atoms with Gasteiger partial charge in [-0.25, -0.2) is 0 Å². The molecule has 0 bridgehead atoms. The Hall–Kier alpha value is -2.14. The van der Waals surface area contributed by atoms with Crippen LogP contribution in [0.25, 0.3) is 0 Å². The SMILES string of the molecule is Cc1n[nH]c(C)c1CCC(=O)NCC(O)Cc1ccccc1. The number of H-pyrrole nitrogens is 1. The van der Waals surface area contributed by atoms with Crippen molar-refractivity contribution in [1.82, 2.24) is 15.5 Å². The van der Waals surface area contributed by atoms with Crippen molar-refractivity contribution in [3.8, 4) is 0 Å². The molecule has 1 aromatic heterocycles. The fourth-order valence-electron chi connectivity index (χ4n) is 2.46. The molecular weight excluding hydrogens is 278 g/mol. The number of nitrogens with one attached hydrogen (secondary N) is 2. The van der Waals surface area contributed by atoms with Gasteiger partial charge in [0.2, 0.25) is 5.91 Å². The monoisotopic (exact) mass is 301 g/mol. The van der Waals surface area contributed by atoms with Gasteiger partial charge in [0, 0.05) is 25.1 Å². The fourth-order valence-corrected chi connectivity index (χ4v) is 2.46. The standard InChI is InChI=1S/C17H23N3O2/c1-12-16(13(2)20-19-12)8-9-17(22)18-11-15(21)10-14-6-4-3-5-7-14/h3-7,15,21H,8-11H2,1-2H3,(H,18,22)(H,19,20). The van der Waals surface area contributed by atoms with Gasteiger partial charge in [-0.3, -0.25) is 9.89 Å². The van der Waals surface area contributed by atoms with E-state index in [9.17, 15) is 9.90 Å². The predicted octanol–water partition coefficient (Wildman–Crippen LogP) is 1.68. The fraction of sp³-hybridized carbons (Fsp3) is 0.412. The highest BCUT2D eigenvalue weighted by Gasteiger charge is 2.11. The van der Waals surface area contributed by atoms with Gasteiger partial charge in [-0.2, -0.15) is 5.10 Å². The highest BCUT2D eigenvalue weighted by Crippen LogP contribution is 2.11. The summed E-state index contributed by atoms with van der Waals surface area (Å²) in [4.78, 5) is 11.9. The summed E-state index contributed by atoms with van der Waals surface area (Å²) >= 11 is 0. The van der Waals surface area contributed by atoms with Crippen LogP contribution in [0, 0.1) is 13.8 Å². The van der Waals surface area contributed by atoms with E-state index in [4.69, 9.17) is 0 Å². The molecule has 1 atom stereocenters. The molecule has 2 rings (SSSR count). The van der Waals surface area contributed by atoms with Crippen LogP contribution in [0.5, 0.6) is 0 Å². The zero-order chi connectivity index (χ0) is 15.9. The highest BCUT2D eigenvalue weighted by atomic mass is 16.3. The Morgan fingerprint density at radius 3 is 2.68 bits per heavy atom. The maximum Gasteiger partial charge on any atom is 0.220 e. The largest absolute Gasteiger partial charge is 0.391 e. The first kappa shape index (κ1) is 16.2. The molecule has 0 fully saturated rings. The molecule has 0 aliphatic rings. The average Bonchev–Trinajstić information content (AvgIpc) is 2.83. The van der Waals surface area contributed by atoms with Crippen LogP contribution in [0.3, 0.4) is 0 Å². The smallest absolute Gasteiger partial charge is 0.220 e. The number of carbonyl (C=O) groups excluding carboxylic acids is 1. The Labute approximate surface area is 130 Å². The van der Waals surface area contributed by atoms with Crippen LogP contribution >= 0.6 is 0 Å². The van der Waals surface area contributed by atoms with E-state index in [0.717, 1.165) is 22.5 Å². The number of carbonyl (C=O) groups is 1. The highest BCUT2D eigenvalue weighted by molar-refractivity contribution is 5.76. The van der Waals surface area contributed by atoms with Crippen molar-refractivity contribution in [3.05, 3.63) is 52.8 Å². The Morgan fingerprint density at radius 1 is 1.32 bits per heavy atom. The minimum Gasteiger partial charge on any atom is -0.391 e. The lowest BCUT2D eigenvalue weighted by Gasteiger charge is -2.12. The van der Waals surface area contributed by atoms with Crippen molar-refractivity contribution in [2.75, 3.05) is 6.54 Å². The second-order valence-corrected chi connectivity index (χ2v) is 5.56. The lowest BCUT2D eigenvalue weighted by atomic mass is 10.1. The summed E-state index contributed by atoms with van der Waals surface area (Å²) in [6.45, 7) is 4.16. The number of amides is 1. The molecule has 1 heterocycles. The van der Waals surface area contributed by atoms with Gasteiger partial charge in [0.25, 0.3) is 0 Å². The lowest BCUT2D eigenvalue weighted by molar-refractivity contribution is -0.121. The third-order valence-electron chi connectivity index (χ3n) is 3.73. The molecule has 1 unspecified atom stereocenters. The van der Waals surface area contributed by atoms with Crippen LogP contribution in [-0.2, 0) is 17.6 Å². The molecule has 0 spiro atoms. The molecule has 0 aliphatic carbocycles. The number of hydrogen-bond donors (Lipinski definition) is 3. The van der Waals surface area contributed by atoms with E-state index in [-0.39, 0.29) is 12.5 Å².